The first-order valence-corrected chi connectivity index (χ1v) is 8.92. The number of benzene rings is 1. The zero-order valence-electron chi connectivity index (χ0n) is 16.2. The smallest absolute Gasteiger partial charge is 0.416 e. The van der Waals surface area contributed by atoms with E-state index in [2.05, 4.69) is 15.6 Å². The van der Waals surface area contributed by atoms with Crippen LogP contribution in [0.25, 0.3) is 0 Å². The zero-order chi connectivity index (χ0) is 21.6. The van der Waals surface area contributed by atoms with Crippen LogP contribution in [-0.2, 0) is 15.8 Å². The molecule has 0 fully saturated rings. The maximum absolute atomic E-state index is 12.5. The fourth-order valence-corrected chi connectivity index (χ4v) is 2.31. The van der Waals surface area contributed by atoms with Crippen molar-refractivity contribution in [2.24, 2.45) is 5.92 Å². The number of nitrogens with zero attached hydrogens (tertiary/aromatic N) is 1. The number of alkyl halides is 3. The van der Waals surface area contributed by atoms with Crippen molar-refractivity contribution in [3.05, 3.63) is 53.7 Å². The van der Waals surface area contributed by atoms with Crippen LogP contribution in [0, 0.1) is 5.92 Å². The number of nitrogens with one attached hydrogen (secondary N) is 2. The summed E-state index contributed by atoms with van der Waals surface area (Å²) in [6, 6.07) is 7.06. The Kier molecular flexibility index (Phi) is 7.19. The van der Waals surface area contributed by atoms with E-state index in [1.807, 2.05) is 0 Å². The number of halogens is 3. The van der Waals surface area contributed by atoms with Crippen molar-refractivity contribution in [3.63, 3.8) is 0 Å². The molecule has 1 unspecified atom stereocenters. The maximum Gasteiger partial charge on any atom is 0.416 e. The molecule has 0 aliphatic heterocycles. The molecule has 0 spiro atoms. The molecule has 0 aliphatic carbocycles. The minimum atomic E-state index is -4.43. The number of carbonyl (C=O) groups is 2. The lowest BCUT2D eigenvalue weighted by Gasteiger charge is -2.16. The molecule has 1 atom stereocenters. The van der Waals surface area contributed by atoms with Gasteiger partial charge in [0, 0.05) is 12.1 Å². The lowest BCUT2D eigenvalue weighted by atomic mass is 10.1. The molecule has 2 amide bonds. The van der Waals surface area contributed by atoms with Crippen molar-refractivity contribution in [2.75, 3.05) is 11.9 Å². The molecule has 9 heteroatoms. The third kappa shape index (κ3) is 6.78. The highest BCUT2D eigenvalue weighted by atomic mass is 19.4. The number of hydrogen-bond donors (Lipinski definition) is 2. The van der Waals surface area contributed by atoms with Crippen LogP contribution in [0.3, 0.4) is 0 Å². The number of pyridine rings is 1. The van der Waals surface area contributed by atoms with Crippen LogP contribution in [0.15, 0.2) is 42.6 Å². The molecule has 156 valence electrons. The van der Waals surface area contributed by atoms with Crippen LogP contribution in [0.1, 0.15) is 37.9 Å². The molecule has 29 heavy (non-hydrogen) atoms. The number of rotatable bonds is 7. The Labute approximate surface area is 166 Å². The van der Waals surface area contributed by atoms with Crippen molar-refractivity contribution >= 4 is 17.6 Å². The highest BCUT2D eigenvalue weighted by Gasteiger charge is 2.30. The van der Waals surface area contributed by atoms with E-state index in [-0.39, 0.29) is 24.2 Å². The summed E-state index contributed by atoms with van der Waals surface area (Å²) in [7, 11) is 0. The lowest BCUT2D eigenvalue weighted by Crippen LogP contribution is -2.31. The van der Waals surface area contributed by atoms with Gasteiger partial charge in [-0.25, -0.2) is 4.98 Å². The van der Waals surface area contributed by atoms with Gasteiger partial charge in [-0.2, -0.15) is 13.2 Å². The van der Waals surface area contributed by atoms with Crippen LogP contribution in [0.5, 0.6) is 5.75 Å². The van der Waals surface area contributed by atoms with E-state index < -0.39 is 23.7 Å². The standard InChI is InChI=1S/C20H22F3N3O3/c1-12(2)19(28)26-17-10-14(8-9-24-17)13(3)25-18(27)11-29-16-6-4-15(5-7-16)20(21,22)23/h4-10,12-13H,11H2,1-3H3,(H,25,27)(H,24,26,28). The number of aromatic nitrogens is 1. The van der Waals surface area contributed by atoms with E-state index >= 15 is 0 Å². The third-order valence-electron chi connectivity index (χ3n) is 3.99. The van der Waals surface area contributed by atoms with Crippen LogP contribution in [0.4, 0.5) is 19.0 Å². The van der Waals surface area contributed by atoms with E-state index in [1.165, 1.54) is 6.20 Å². The van der Waals surface area contributed by atoms with Crippen LogP contribution >= 0.6 is 0 Å². The molecule has 2 rings (SSSR count). The van der Waals surface area contributed by atoms with Gasteiger partial charge in [-0.05, 0) is 48.9 Å². The molecule has 2 N–H and O–H groups in total. The summed E-state index contributed by atoms with van der Waals surface area (Å²) in [5, 5.41) is 5.41. The lowest BCUT2D eigenvalue weighted by molar-refractivity contribution is -0.137. The zero-order valence-corrected chi connectivity index (χ0v) is 16.2. The SMILES string of the molecule is CC(C)C(=O)Nc1cc(C(C)NC(=O)COc2ccc(C(F)(F)F)cc2)ccn1. The maximum atomic E-state index is 12.5. The molecule has 0 radical (unpaired) electrons. The van der Waals surface area contributed by atoms with Crippen molar-refractivity contribution in [1.29, 1.82) is 0 Å². The Hall–Kier alpha value is -3.10. The molecule has 0 aliphatic rings. The number of amides is 2. The third-order valence-corrected chi connectivity index (χ3v) is 3.99. The molecule has 2 aromatic rings. The van der Waals surface area contributed by atoms with Crippen LogP contribution < -0.4 is 15.4 Å². The Morgan fingerprint density at radius 3 is 2.34 bits per heavy atom. The molecule has 0 saturated carbocycles. The molecule has 1 heterocycles. The second kappa shape index (κ2) is 9.40. The first-order valence-electron chi connectivity index (χ1n) is 8.92. The van der Waals surface area contributed by atoms with Gasteiger partial charge in [-0.3, -0.25) is 9.59 Å². The van der Waals surface area contributed by atoms with Crippen molar-refractivity contribution in [1.82, 2.24) is 10.3 Å². The molecule has 1 aromatic heterocycles. The number of ether oxygens (including phenoxy) is 1. The van der Waals surface area contributed by atoms with Gasteiger partial charge in [0.05, 0.1) is 11.6 Å². The summed E-state index contributed by atoms with van der Waals surface area (Å²) in [5.74, 6) is -0.273. The second-order valence-electron chi connectivity index (χ2n) is 6.72. The number of hydrogen-bond acceptors (Lipinski definition) is 4. The van der Waals surface area contributed by atoms with Gasteiger partial charge in [0.2, 0.25) is 5.91 Å². The van der Waals surface area contributed by atoms with E-state index in [0.29, 0.717) is 5.82 Å². The largest absolute Gasteiger partial charge is 0.484 e. The van der Waals surface area contributed by atoms with Crippen LogP contribution in [-0.4, -0.2) is 23.4 Å². The van der Waals surface area contributed by atoms with Gasteiger partial charge in [0.25, 0.3) is 5.91 Å². The summed E-state index contributed by atoms with van der Waals surface area (Å²) in [6.45, 7) is 4.93. The van der Waals surface area contributed by atoms with Gasteiger partial charge >= 0.3 is 6.18 Å². The first kappa shape index (κ1) is 22.2. The van der Waals surface area contributed by atoms with Crippen molar-refractivity contribution in [2.45, 2.75) is 33.0 Å². The summed E-state index contributed by atoms with van der Waals surface area (Å²) in [6.07, 6.45) is -2.91. The van der Waals surface area contributed by atoms with Gasteiger partial charge in [-0.15, -0.1) is 0 Å². The molecule has 0 saturated heterocycles. The van der Waals surface area contributed by atoms with E-state index in [9.17, 15) is 22.8 Å². The Balaban J connectivity index is 1.89. The summed E-state index contributed by atoms with van der Waals surface area (Å²) in [4.78, 5) is 27.9. The van der Waals surface area contributed by atoms with E-state index in [0.717, 1.165) is 29.8 Å². The minimum Gasteiger partial charge on any atom is -0.484 e. The molecular weight excluding hydrogens is 387 g/mol. The predicted molar refractivity (Wildman–Crippen MR) is 101 cm³/mol. The minimum absolute atomic E-state index is 0.156. The van der Waals surface area contributed by atoms with Gasteiger partial charge in [0.1, 0.15) is 11.6 Å². The van der Waals surface area contributed by atoms with Crippen molar-refractivity contribution in [3.8, 4) is 5.75 Å². The second-order valence-corrected chi connectivity index (χ2v) is 6.72. The first-order chi connectivity index (χ1) is 13.6. The Morgan fingerprint density at radius 2 is 1.76 bits per heavy atom. The fourth-order valence-electron chi connectivity index (χ4n) is 2.31. The number of carbonyl (C=O) groups excluding carboxylic acids is 2. The Bertz CT molecular complexity index is 852. The molecule has 6 nitrogen and oxygen atoms in total. The highest BCUT2D eigenvalue weighted by Crippen LogP contribution is 2.30. The van der Waals surface area contributed by atoms with Gasteiger partial charge < -0.3 is 15.4 Å². The van der Waals surface area contributed by atoms with E-state index in [1.54, 1.807) is 32.9 Å². The van der Waals surface area contributed by atoms with Gasteiger partial charge in [-0.1, -0.05) is 13.8 Å². The molecule has 0 bridgehead atoms. The van der Waals surface area contributed by atoms with Crippen molar-refractivity contribution < 1.29 is 27.5 Å². The molecule has 1 aromatic carbocycles. The monoisotopic (exact) mass is 409 g/mol. The average Bonchev–Trinajstić information content (AvgIpc) is 2.66. The predicted octanol–water partition coefficient (Wildman–Crippen LogP) is 3.95. The fraction of sp³-hybridized carbons (Fsp3) is 0.350. The topological polar surface area (TPSA) is 80.3 Å². The molecular formula is C20H22F3N3O3. The number of anilines is 1. The van der Waals surface area contributed by atoms with Gasteiger partial charge in [0.15, 0.2) is 6.61 Å². The highest BCUT2D eigenvalue weighted by molar-refractivity contribution is 5.91. The summed E-state index contributed by atoms with van der Waals surface area (Å²) >= 11 is 0. The summed E-state index contributed by atoms with van der Waals surface area (Å²) < 4.78 is 42.9. The van der Waals surface area contributed by atoms with E-state index in [4.69, 9.17) is 4.74 Å². The Morgan fingerprint density at radius 1 is 1.10 bits per heavy atom. The summed E-state index contributed by atoms with van der Waals surface area (Å²) in [5.41, 5.74) is -0.0668. The quantitative estimate of drug-likeness (QED) is 0.726. The normalized spacial score (nSPS) is 12.4. The average molecular weight is 409 g/mol. The van der Waals surface area contributed by atoms with Crippen LogP contribution in [0.2, 0.25) is 0 Å².